The molecule has 4 nitrogen and oxygen atoms in total. The minimum atomic E-state index is 0.140. The molecule has 0 saturated heterocycles. The van der Waals surface area contributed by atoms with Crippen LogP contribution in [0.3, 0.4) is 0 Å². The first-order valence-corrected chi connectivity index (χ1v) is 7.47. The van der Waals surface area contributed by atoms with Crippen LogP contribution in [0.15, 0.2) is 18.2 Å². The molecule has 114 valence electrons. The van der Waals surface area contributed by atoms with Gasteiger partial charge in [-0.05, 0) is 37.5 Å². The van der Waals surface area contributed by atoms with E-state index in [2.05, 4.69) is 19.2 Å². The van der Waals surface area contributed by atoms with Gasteiger partial charge in [0.1, 0.15) is 0 Å². The molecule has 0 aromatic heterocycles. The SMILES string of the molecule is CCCOc1ccc(CN[C@@H](CC)CO)cc1OCC. The second kappa shape index (κ2) is 9.61. The lowest BCUT2D eigenvalue weighted by Crippen LogP contribution is -2.31. The first-order chi connectivity index (χ1) is 9.74. The molecule has 1 atom stereocenters. The third-order valence-electron chi connectivity index (χ3n) is 3.08. The molecule has 0 heterocycles. The zero-order valence-corrected chi connectivity index (χ0v) is 12.8. The molecule has 4 heteroatoms. The van der Waals surface area contributed by atoms with Gasteiger partial charge >= 0.3 is 0 Å². The van der Waals surface area contributed by atoms with E-state index in [1.54, 1.807) is 0 Å². The second-order valence-corrected chi connectivity index (χ2v) is 4.73. The molecule has 20 heavy (non-hydrogen) atoms. The molecule has 0 amide bonds. The van der Waals surface area contributed by atoms with Gasteiger partial charge in [-0.25, -0.2) is 0 Å². The number of benzene rings is 1. The van der Waals surface area contributed by atoms with Crippen molar-refractivity contribution in [1.29, 1.82) is 0 Å². The summed E-state index contributed by atoms with van der Waals surface area (Å²) in [5.74, 6) is 1.59. The van der Waals surface area contributed by atoms with Crippen LogP contribution in [0.1, 0.15) is 39.2 Å². The number of rotatable bonds is 10. The highest BCUT2D eigenvalue weighted by molar-refractivity contribution is 5.43. The number of hydrogen-bond acceptors (Lipinski definition) is 4. The van der Waals surface area contributed by atoms with Gasteiger partial charge in [0.05, 0.1) is 19.8 Å². The Morgan fingerprint density at radius 3 is 2.55 bits per heavy atom. The van der Waals surface area contributed by atoms with E-state index >= 15 is 0 Å². The molecule has 0 saturated carbocycles. The molecular weight excluding hydrogens is 254 g/mol. The van der Waals surface area contributed by atoms with Crippen LogP contribution in [-0.4, -0.2) is 31.0 Å². The molecule has 1 rings (SSSR count). The minimum absolute atomic E-state index is 0.140. The molecule has 0 unspecified atom stereocenters. The minimum Gasteiger partial charge on any atom is -0.490 e. The molecule has 0 aliphatic heterocycles. The van der Waals surface area contributed by atoms with Crippen LogP contribution in [0.4, 0.5) is 0 Å². The Bertz CT molecular complexity index is 378. The molecule has 2 N–H and O–H groups in total. The summed E-state index contributed by atoms with van der Waals surface area (Å²) in [6.45, 7) is 8.29. The number of aliphatic hydroxyl groups is 1. The topological polar surface area (TPSA) is 50.7 Å². The lowest BCUT2D eigenvalue weighted by Gasteiger charge is -2.16. The van der Waals surface area contributed by atoms with E-state index in [-0.39, 0.29) is 12.6 Å². The quantitative estimate of drug-likeness (QED) is 0.692. The lowest BCUT2D eigenvalue weighted by molar-refractivity contribution is 0.238. The van der Waals surface area contributed by atoms with Gasteiger partial charge in [-0.1, -0.05) is 19.9 Å². The average molecular weight is 281 g/mol. The van der Waals surface area contributed by atoms with E-state index in [4.69, 9.17) is 9.47 Å². The zero-order chi connectivity index (χ0) is 14.8. The summed E-state index contributed by atoms with van der Waals surface area (Å²) in [6.07, 6.45) is 1.88. The van der Waals surface area contributed by atoms with Crippen LogP contribution in [-0.2, 0) is 6.54 Å². The zero-order valence-electron chi connectivity index (χ0n) is 12.8. The van der Waals surface area contributed by atoms with Gasteiger partial charge < -0.3 is 19.9 Å². The monoisotopic (exact) mass is 281 g/mol. The molecule has 0 aliphatic rings. The Labute approximate surface area is 122 Å². The van der Waals surface area contributed by atoms with Crippen molar-refractivity contribution in [3.05, 3.63) is 23.8 Å². The van der Waals surface area contributed by atoms with E-state index in [0.717, 1.165) is 29.9 Å². The fraction of sp³-hybridized carbons (Fsp3) is 0.625. The molecule has 0 spiro atoms. The van der Waals surface area contributed by atoms with E-state index in [1.807, 2.05) is 25.1 Å². The highest BCUT2D eigenvalue weighted by atomic mass is 16.5. The van der Waals surface area contributed by atoms with Crippen molar-refractivity contribution >= 4 is 0 Å². The van der Waals surface area contributed by atoms with Gasteiger partial charge in [-0.3, -0.25) is 0 Å². The Morgan fingerprint density at radius 1 is 1.15 bits per heavy atom. The van der Waals surface area contributed by atoms with Crippen LogP contribution in [0.2, 0.25) is 0 Å². The molecular formula is C16H27NO3. The van der Waals surface area contributed by atoms with E-state index in [9.17, 15) is 5.11 Å². The van der Waals surface area contributed by atoms with Crippen molar-refractivity contribution < 1.29 is 14.6 Å². The predicted octanol–water partition coefficient (Wildman–Crippen LogP) is 2.73. The third-order valence-corrected chi connectivity index (χ3v) is 3.08. The van der Waals surface area contributed by atoms with Gasteiger partial charge in [0.15, 0.2) is 11.5 Å². The maximum atomic E-state index is 9.18. The average Bonchev–Trinajstić information content (AvgIpc) is 2.48. The number of nitrogens with one attached hydrogen (secondary N) is 1. The molecule has 0 radical (unpaired) electrons. The highest BCUT2D eigenvalue weighted by Crippen LogP contribution is 2.28. The standard InChI is InChI=1S/C16H27NO3/c1-4-9-20-15-8-7-13(10-16(15)19-6-3)11-17-14(5-2)12-18/h7-8,10,14,17-18H,4-6,9,11-12H2,1-3H3/t14-/m0/s1. The molecule has 0 aliphatic carbocycles. The van der Waals surface area contributed by atoms with Crippen molar-refractivity contribution in [3.63, 3.8) is 0 Å². The van der Waals surface area contributed by atoms with Crippen LogP contribution in [0.5, 0.6) is 11.5 Å². The Balaban J connectivity index is 2.70. The number of aliphatic hydroxyl groups excluding tert-OH is 1. The Morgan fingerprint density at radius 2 is 1.95 bits per heavy atom. The summed E-state index contributed by atoms with van der Waals surface area (Å²) in [6, 6.07) is 6.13. The Hall–Kier alpha value is -1.26. The maximum Gasteiger partial charge on any atom is 0.161 e. The summed E-state index contributed by atoms with van der Waals surface area (Å²) in [5.41, 5.74) is 1.13. The normalized spacial score (nSPS) is 12.2. The molecule has 1 aromatic rings. The van der Waals surface area contributed by atoms with Crippen molar-refractivity contribution in [2.24, 2.45) is 0 Å². The fourth-order valence-corrected chi connectivity index (χ4v) is 1.86. The number of ether oxygens (including phenoxy) is 2. The highest BCUT2D eigenvalue weighted by Gasteiger charge is 2.08. The second-order valence-electron chi connectivity index (χ2n) is 4.73. The Kier molecular flexibility index (Phi) is 8.07. The van der Waals surface area contributed by atoms with Gasteiger partial charge in [-0.2, -0.15) is 0 Å². The summed E-state index contributed by atoms with van der Waals surface area (Å²) < 4.78 is 11.3. The predicted molar refractivity (Wildman–Crippen MR) is 81.4 cm³/mol. The van der Waals surface area contributed by atoms with Gasteiger partial charge in [0.2, 0.25) is 0 Å². The van der Waals surface area contributed by atoms with E-state index in [1.165, 1.54) is 0 Å². The van der Waals surface area contributed by atoms with Crippen molar-refractivity contribution in [1.82, 2.24) is 5.32 Å². The van der Waals surface area contributed by atoms with Crippen molar-refractivity contribution in [2.45, 2.75) is 46.2 Å². The van der Waals surface area contributed by atoms with E-state index in [0.29, 0.717) is 19.8 Å². The first-order valence-electron chi connectivity index (χ1n) is 7.47. The van der Waals surface area contributed by atoms with Crippen LogP contribution < -0.4 is 14.8 Å². The molecule has 0 fully saturated rings. The van der Waals surface area contributed by atoms with Crippen LogP contribution in [0.25, 0.3) is 0 Å². The van der Waals surface area contributed by atoms with Gasteiger partial charge in [-0.15, -0.1) is 0 Å². The van der Waals surface area contributed by atoms with E-state index < -0.39 is 0 Å². The molecule has 0 bridgehead atoms. The largest absolute Gasteiger partial charge is 0.490 e. The lowest BCUT2D eigenvalue weighted by atomic mass is 10.1. The smallest absolute Gasteiger partial charge is 0.161 e. The number of hydrogen-bond donors (Lipinski definition) is 2. The van der Waals surface area contributed by atoms with Crippen LogP contribution in [0, 0.1) is 0 Å². The van der Waals surface area contributed by atoms with Crippen LogP contribution >= 0.6 is 0 Å². The summed E-state index contributed by atoms with van der Waals surface area (Å²) in [4.78, 5) is 0. The fourth-order valence-electron chi connectivity index (χ4n) is 1.86. The third kappa shape index (κ3) is 5.39. The van der Waals surface area contributed by atoms with Gasteiger partial charge in [0, 0.05) is 12.6 Å². The maximum absolute atomic E-state index is 9.18. The summed E-state index contributed by atoms with van der Waals surface area (Å²) >= 11 is 0. The molecule has 1 aromatic carbocycles. The summed E-state index contributed by atoms with van der Waals surface area (Å²) in [7, 11) is 0. The first kappa shape index (κ1) is 16.8. The van der Waals surface area contributed by atoms with Crippen molar-refractivity contribution in [2.75, 3.05) is 19.8 Å². The van der Waals surface area contributed by atoms with Crippen molar-refractivity contribution in [3.8, 4) is 11.5 Å². The van der Waals surface area contributed by atoms with Gasteiger partial charge in [0.25, 0.3) is 0 Å². The summed E-state index contributed by atoms with van der Waals surface area (Å²) in [5, 5.41) is 12.5.